The van der Waals surface area contributed by atoms with Crippen molar-refractivity contribution in [2.45, 2.75) is 0 Å². The number of benzene rings is 9. The first-order valence-electron chi connectivity index (χ1n) is 21.3. The third-order valence-corrected chi connectivity index (χ3v) is 13.0. The molecule has 56 heavy (non-hydrogen) atoms. The van der Waals surface area contributed by atoms with Gasteiger partial charge >= 0.3 is 0 Å². The highest BCUT2D eigenvalue weighted by Crippen LogP contribution is 2.44. The Hall–Kier alpha value is -6.79. The second-order valence-electron chi connectivity index (χ2n) is 13.8. The van der Waals surface area contributed by atoms with E-state index in [0.29, 0.717) is 37.6 Å². The van der Waals surface area contributed by atoms with Crippen molar-refractivity contribution in [2.24, 2.45) is 0 Å². The Morgan fingerprint density at radius 2 is 0.964 bits per heavy atom. The molecule has 12 rings (SSSR count). The smallest absolute Gasteiger partial charge is 0.165 e. The van der Waals surface area contributed by atoms with E-state index in [0.717, 1.165) is 63.6 Å². The van der Waals surface area contributed by atoms with E-state index in [9.17, 15) is 6.85 Å². The molecule has 0 bridgehead atoms. The Bertz CT molecular complexity index is 3870. The van der Waals surface area contributed by atoms with Crippen LogP contribution in [0.25, 0.3) is 118 Å². The molecule has 9 aromatic carbocycles. The van der Waals surface area contributed by atoms with Crippen molar-refractivity contribution in [1.29, 1.82) is 0 Å². The molecule has 5 heteroatoms. The van der Waals surface area contributed by atoms with Crippen molar-refractivity contribution in [3.63, 3.8) is 0 Å². The van der Waals surface area contributed by atoms with Gasteiger partial charge in [-0.1, -0.05) is 152 Å². The highest BCUT2D eigenvalue weighted by Gasteiger charge is 2.18. The summed E-state index contributed by atoms with van der Waals surface area (Å²) in [5.74, 6) is 0.852. The third-order valence-electron chi connectivity index (χ3n) is 10.6. The van der Waals surface area contributed by atoms with Crippen molar-refractivity contribution in [1.82, 2.24) is 15.0 Å². The minimum atomic E-state index is -0.276. The molecule has 3 nitrogen and oxygen atoms in total. The van der Waals surface area contributed by atoms with Crippen LogP contribution in [0.2, 0.25) is 0 Å². The van der Waals surface area contributed by atoms with E-state index in [1.54, 1.807) is 11.3 Å². The van der Waals surface area contributed by atoms with Crippen LogP contribution in [-0.2, 0) is 0 Å². The number of rotatable bonds is 4. The van der Waals surface area contributed by atoms with Crippen molar-refractivity contribution in [3.05, 3.63) is 176 Å². The van der Waals surface area contributed by atoms with Gasteiger partial charge in [-0.15, -0.1) is 22.7 Å². The van der Waals surface area contributed by atoms with E-state index in [4.69, 9.17) is 16.3 Å². The second-order valence-corrected chi connectivity index (χ2v) is 15.9. The zero-order valence-corrected chi connectivity index (χ0v) is 31.1. The molecule has 0 saturated carbocycles. The molecule has 0 amide bonds. The van der Waals surface area contributed by atoms with Crippen LogP contribution < -0.4 is 0 Å². The molecule has 0 saturated heterocycles. The fraction of sp³-hybridized carbons (Fsp3) is 0. The van der Waals surface area contributed by atoms with E-state index in [1.165, 1.54) is 11.3 Å². The summed E-state index contributed by atoms with van der Waals surface area (Å²) in [6.45, 7) is 0. The van der Waals surface area contributed by atoms with Crippen LogP contribution >= 0.6 is 22.7 Å². The molecular formula is C51H29N3S2. The fourth-order valence-electron chi connectivity index (χ4n) is 8.04. The average molecular weight is 754 g/mol. The second kappa shape index (κ2) is 12.4. The number of aromatic nitrogens is 3. The molecule has 12 aromatic rings. The van der Waals surface area contributed by atoms with Gasteiger partial charge in [0.1, 0.15) is 0 Å². The topological polar surface area (TPSA) is 38.7 Å². The molecule has 0 aliphatic heterocycles. The highest BCUT2D eigenvalue weighted by molar-refractivity contribution is 7.26. The average Bonchev–Trinajstić information content (AvgIpc) is 3.90. The first kappa shape index (κ1) is 26.1. The van der Waals surface area contributed by atoms with Crippen LogP contribution in [0, 0.1) is 0 Å². The van der Waals surface area contributed by atoms with Crippen LogP contribution in [0.1, 0.15) is 8.22 Å². The summed E-state index contributed by atoms with van der Waals surface area (Å²) in [5.41, 5.74) is 2.76. The Labute approximate surface area is 338 Å². The summed E-state index contributed by atoms with van der Waals surface area (Å²) < 4.78 is 59.4. The summed E-state index contributed by atoms with van der Waals surface area (Å²) >= 11 is 2.86. The first-order valence-corrected chi connectivity index (χ1v) is 19.9. The van der Waals surface area contributed by atoms with Crippen LogP contribution in [0.4, 0.5) is 0 Å². The van der Waals surface area contributed by atoms with E-state index < -0.39 is 0 Å². The largest absolute Gasteiger partial charge is 0.208 e. The molecule has 0 unspecified atom stereocenters. The van der Waals surface area contributed by atoms with Crippen molar-refractivity contribution < 1.29 is 8.22 Å². The molecule has 3 heterocycles. The van der Waals surface area contributed by atoms with Gasteiger partial charge in [0.2, 0.25) is 0 Å². The first-order chi connectivity index (χ1) is 30.3. The van der Waals surface area contributed by atoms with Gasteiger partial charge in [0, 0.05) is 57.0 Å². The van der Waals surface area contributed by atoms with Crippen LogP contribution in [-0.4, -0.2) is 15.0 Å². The number of thiophene rings is 2. The van der Waals surface area contributed by atoms with E-state index in [1.807, 2.05) is 84.9 Å². The Kier molecular flexibility index (Phi) is 5.76. The maximum atomic E-state index is 9.78. The summed E-state index contributed by atoms with van der Waals surface area (Å²) in [7, 11) is 0. The summed E-state index contributed by atoms with van der Waals surface area (Å²) in [6, 6.07) is 45.4. The van der Waals surface area contributed by atoms with Gasteiger partial charge in [-0.05, 0) is 67.7 Å². The molecule has 0 N–H and O–H groups in total. The van der Waals surface area contributed by atoms with Gasteiger partial charge in [0.05, 0.1) is 8.22 Å². The third kappa shape index (κ3) is 4.85. The zero-order valence-electron chi connectivity index (χ0n) is 35.4. The van der Waals surface area contributed by atoms with E-state index >= 15 is 0 Å². The minimum Gasteiger partial charge on any atom is -0.208 e. The molecule has 0 fully saturated rings. The van der Waals surface area contributed by atoms with Gasteiger partial charge in [0.15, 0.2) is 17.5 Å². The summed E-state index contributed by atoms with van der Waals surface area (Å²) in [5, 5.41) is 9.23. The predicted octanol–water partition coefficient (Wildman–Crippen LogP) is 14.7. The molecule has 0 aliphatic rings. The van der Waals surface area contributed by atoms with E-state index in [2.05, 4.69) is 54.6 Å². The lowest BCUT2D eigenvalue weighted by molar-refractivity contribution is 1.08. The zero-order chi connectivity index (χ0) is 42.0. The Morgan fingerprint density at radius 1 is 0.357 bits per heavy atom. The monoisotopic (exact) mass is 753 g/mol. The van der Waals surface area contributed by atoms with E-state index in [-0.39, 0.29) is 53.0 Å². The minimum absolute atomic E-state index is 0.0576. The number of fused-ring (bicyclic) bond motifs is 12. The lowest BCUT2D eigenvalue weighted by Crippen LogP contribution is -2.00. The molecule has 0 atom stereocenters. The maximum absolute atomic E-state index is 9.78. The lowest BCUT2D eigenvalue weighted by Gasteiger charge is -2.12. The van der Waals surface area contributed by atoms with Gasteiger partial charge in [0.25, 0.3) is 0 Å². The normalized spacial score (nSPS) is 13.4. The Balaban J connectivity index is 1.12. The van der Waals surface area contributed by atoms with Gasteiger partial charge in [-0.3, -0.25) is 0 Å². The van der Waals surface area contributed by atoms with Crippen LogP contribution in [0.15, 0.2) is 176 Å². The van der Waals surface area contributed by atoms with Crippen LogP contribution in [0.5, 0.6) is 0 Å². The molecule has 0 spiro atoms. The van der Waals surface area contributed by atoms with Gasteiger partial charge < -0.3 is 0 Å². The number of hydrogen-bond acceptors (Lipinski definition) is 5. The molecular weight excluding hydrogens is 719 g/mol. The molecule has 0 radical (unpaired) electrons. The predicted molar refractivity (Wildman–Crippen MR) is 240 cm³/mol. The van der Waals surface area contributed by atoms with Crippen LogP contribution in [0.3, 0.4) is 0 Å². The quantitative estimate of drug-likeness (QED) is 0.168. The molecule has 3 aromatic heterocycles. The number of nitrogens with zero attached hydrogens (tertiary/aromatic N) is 3. The lowest BCUT2D eigenvalue weighted by atomic mass is 9.92. The SMILES string of the molecule is [2H]c1c([2H])c([2H])c2c(sc3c([2H])c(-c4nc(-c5ccccc5)nc(-c5cccc6c5sc5ccccc56)n4)c([2H])c([2H])c32)c1-c1ccc2c3ccccc3c3ccccc3c2c1. The maximum Gasteiger partial charge on any atom is 0.165 e. The molecule has 260 valence electrons. The van der Waals surface area contributed by atoms with Crippen molar-refractivity contribution in [3.8, 4) is 45.3 Å². The number of hydrogen-bond donors (Lipinski definition) is 0. The fourth-order valence-corrected chi connectivity index (χ4v) is 10.4. The summed E-state index contributed by atoms with van der Waals surface area (Å²) in [6.07, 6.45) is 0. The molecule has 0 aliphatic carbocycles. The standard InChI is InChI=1S/C51H29N3S2/c1-2-12-30(13-3-1)49-52-50(54-51(53-49)43-22-11-21-41-39-18-8-9-23-45(39)55-48(41)43)32-25-27-40-42-20-10-19-33(47(42)56-46(40)29-32)31-24-26-38-36-16-5-4-14-34(36)35-15-6-7-17-37(35)44(38)28-31/h1-29H/i10D,19D,20D,25D,27D,29D. The van der Waals surface area contributed by atoms with Crippen molar-refractivity contribution in [2.75, 3.05) is 0 Å². The van der Waals surface area contributed by atoms with Crippen molar-refractivity contribution >= 4 is 95.3 Å². The highest BCUT2D eigenvalue weighted by atomic mass is 32.1. The van der Waals surface area contributed by atoms with Gasteiger partial charge in [-0.2, -0.15) is 0 Å². The van der Waals surface area contributed by atoms with Gasteiger partial charge in [-0.25, -0.2) is 15.0 Å². The summed E-state index contributed by atoms with van der Waals surface area (Å²) in [4.78, 5) is 14.9. The Morgan fingerprint density at radius 3 is 1.75 bits per heavy atom.